The number of methoxy groups -OCH3 is 1. The average Bonchev–Trinajstić information content (AvgIpc) is 2.79. The molecular weight excluding hydrogens is 383 g/mol. The lowest BCUT2D eigenvalue weighted by atomic mass is 10.0. The van der Waals surface area contributed by atoms with Gasteiger partial charge >= 0.3 is 0 Å². The first kappa shape index (κ1) is 22.2. The molecule has 0 radical (unpaired) electrons. The summed E-state index contributed by atoms with van der Waals surface area (Å²) in [5.41, 5.74) is 3.40. The van der Waals surface area contributed by atoms with Crippen LogP contribution >= 0.6 is 0 Å². The van der Waals surface area contributed by atoms with E-state index in [-0.39, 0.29) is 11.9 Å². The lowest BCUT2D eigenvalue weighted by Crippen LogP contribution is -2.46. The van der Waals surface area contributed by atoms with Crippen LogP contribution in [0.5, 0.6) is 0 Å². The van der Waals surface area contributed by atoms with Crippen molar-refractivity contribution in [2.75, 3.05) is 47.0 Å². The molecule has 1 fully saturated rings. The van der Waals surface area contributed by atoms with E-state index in [1.165, 1.54) is 17.7 Å². The van der Waals surface area contributed by atoms with Crippen LogP contribution in [0, 0.1) is 5.82 Å². The van der Waals surface area contributed by atoms with Gasteiger partial charge in [0, 0.05) is 40.3 Å². The van der Waals surface area contributed by atoms with E-state index in [0.29, 0.717) is 32.9 Å². The van der Waals surface area contributed by atoms with E-state index in [1.807, 2.05) is 12.1 Å². The highest BCUT2D eigenvalue weighted by atomic mass is 19.1. The summed E-state index contributed by atoms with van der Waals surface area (Å²) in [6.45, 7) is 5.08. The second-order valence-corrected chi connectivity index (χ2v) is 7.27. The van der Waals surface area contributed by atoms with Crippen LogP contribution in [0.4, 0.5) is 4.39 Å². The van der Waals surface area contributed by atoms with Gasteiger partial charge in [-0.25, -0.2) is 4.39 Å². The highest BCUT2D eigenvalue weighted by molar-refractivity contribution is 5.79. The first-order valence-corrected chi connectivity index (χ1v) is 10.3. The zero-order valence-electron chi connectivity index (χ0n) is 17.7. The van der Waals surface area contributed by atoms with Gasteiger partial charge in [0.25, 0.3) is 0 Å². The summed E-state index contributed by atoms with van der Waals surface area (Å²) in [5, 5.41) is 6.78. The van der Waals surface area contributed by atoms with Crippen LogP contribution in [0.25, 0.3) is 0 Å². The number of nitrogens with zero attached hydrogens (tertiary/aromatic N) is 2. The third kappa shape index (κ3) is 6.52. The minimum atomic E-state index is -0.221. The summed E-state index contributed by atoms with van der Waals surface area (Å²) < 4.78 is 24.1. The third-order valence-corrected chi connectivity index (χ3v) is 5.22. The van der Waals surface area contributed by atoms with Gasteiger partial charge in [-0.05, 0) is 28.8 Å². The lowest BCUT2D eigenvalue weighted by Gasteiger charge is -2.35. The van der Waals surface area contributed by atoms with Crippen molar-refractivity contribution in [2.24, 2.45) is 4.99 Å². The van der Waals surface area contributed by atoms with Crippen LogP contribution in [-0.4, -0.2) is 57.9 Å². The molecule has 0 aliphatic carbocycles. The summed E-state index contributed by atoms with van der Waals surface area (Å²) in [5.74, 6) is 0.512. The van der Waals surface area contributed by atoms with Crippen LogP contribution in [0.15, 0.2) is 53.5 Å². The zero-order chi connectivity index (χ0) is 21.2. The maximum absolute atomic E-state index is 13.4. The summed E-state index contributed by atoms with van der Waals surface area (Å²) in [7, 11) is 3.46. The van der Waals surface area contributed by atoms with Crippen molar-refractivity contribution in [3.8, 4) is 0 Å². The van der Waals surface area contributed by atoms with Crippen molar-refractivity contribution in [2.45, 2.75) is 19.2 Å². The average molecular weight is 415 g/mol. The van der Waals surface area contributed by atoms with Gasteiger partial charge in [-0.3, -0.25) is 9.89 Å². The zero-order valence-corrected chi connectivity index (χ0v) is 17.7. The fraction of sp³-hybridized carbons (Fsp3) is 0.435. The fourth-order valence-corrected chi connectivity index (χ4v) is 3.55. The Kier molecular flexibility index (Phi) is 8.62. The largest absolute Gasteiger partial charge is 0.380 e. The molecule has 0 amide bonds. The molecule has 0 spiro atoms. The predicted octanol–water partition coefficient (Wildman–Crippen LogP) is 2.71. The molecule has 1 aliphatic rings. The second kappa shape index (κ2) is 11.6. The van der Waals surface area contributed by atoms with E-state index in [4.69, 9.17) is 9.47 Å². The number of ether oxygens (including phenoxy) is 2. The maximum atomic E-state index is 13.4. The number of halogens is 1. The topological polar surface area (TPSA) is 58.1 Å². The van der Waals surface area contributed by atoms with E-state index in [0.717, 1.165) is 30.2 Å². The molecule has 7 heteroatoms. The number of hydrogen-bond acceptors (Lipinski definition) is 4. The van der Waals surface area contributed by atoms with E-state index in [1.54, 1.807) is 14.2 Å². The molecule has 1 heterocycles. The molecule has 30 heavy (non-hydrogen) atoms. The standard InChI is InChI=1S/C23H31FN4O2/c1-25-23(26-15-18-3-5-19(6-4-18)17-29-2)27-16-22(28-11-13-30-14-12-28)20-7-9-21(24)10-8-20/h3-10,22H,11-17H2,1-2H3,(H2,25,26,27). The monoisotopic (exact) mass is 414 g/mol. The summed E-state index contributed by atoms with van der Waals surface area (Å²) in [6.07, 6.45) is 0. The Morgan fingerprint density at radius 1 is 1.07 bits per heavy atom. The lowest BCUT2D eigenvalue weighted by molar-refractivity contribution is 0.0170. The third-order valence-electron chi connectivity index (χ3n) is 5.22. The van der Waals surface area contributed by atoms with Crippen molar-refractivity contribution in [1.29, 1.82) is 0 Å². The fourth-order valence-electron chi connectivity index (χ4n) is 3.55. The minimum absolute atomic E-state index is 0.112. The molecule has 0 aromatic heterocycles. The molecule has 162 valence electrons. The highest BCUT2D eigenvalue weighted by Crippen LogP contribution is 2.21. The van der Waals surface area contributed by atoms with E-state index < -0.39 is 0 Å². The van der Waals surface area contributed by atoms with Crippen LogP contribution in [0.2, 0.25) is 0 Å². The Hall–Kier alpha value is -2.48. The normalized spacial score (nSPS) is 16.3. The summed E-state index contributed by atoms with van der Waals surface area (Å²) in [6, 6.07) is 15.2. The van der Waals surface area contributed by atoms with Crippen LogP contribution in [-0.2, 0) is 22.6 Å². The molecular formula is C23H31FN4O2. The van der Waals surface area contributed by atoms with Gasteiger partial charge in [0.2, 0.25) is 0 Å². The van der Waals surface area contributed by atoms with Crippen LogP contribution in [0.3, 0.4) is 0 Å². The maximum Gasteiger partial charge on any atom is 0.191 e. The predicted molar refractivity (Wildman–Crippen MR) is 117 cm³/mol. The molecule has 0 saturated carbocycles. The number of nitrogens with one attached hydrogen (secondary N) is 2. The van der Waals surface area contributed by atoms with E-state index in [9.17, 15) is 4.39 Å². The van der Waals surface area contributed by atoms with Gasteiger partial charge in [0.05, 0.1) is 25.9 Å². The molecule has 1 unspecified atom stereocenters. The van der Waals surface area contributed by atoms with E-state index >= 15 is 0 Å². The number of aliphatic imine (C=N–C) groups is 1. The number of hydrogen-bond donors (Lipinski definition) is 2. The van der Waals surface area contributed by atoms with Gasteiger partial charge < -0.3 is 20.1 Å². The molecule has 1 atom stereocenters. The minimum Gasteiger partial charge on any atom is -0.380 e. The molecule has 1 aliphatic heterocycles. The van der Waals surface area contributed by atoms with Crippen molar-refractivity contribution in [3.63, 3.8) is 0 Å². The van der Waals surface area contributed by atoms with Crippen molar-refractivity contribution in [1.82, 2.24) is 15.5 Å². The Bertz CT molecular complexity index is 790. The van der Waals surface area contributed by atoms with Gasteiger partial charge in [-0.2, -0.15) is 0 Å². The number of rotatable bonds is 8. The van der Waals surface area contributed by atoms with Gasteiger partial charge in [0.15, 0.2) is 5.96 Å². The van der Waals surface area contributed by atoms with Gasteiger partial charge in [-0.1, -0.05) is 36.4 Å². The molecule has 1 saturated heterocycles. The Morgan fingerprint density at radius 2 is 1.73 bits per heavy atom. The second-order valence-electron chi connectivity index (χ2n) is 7.27. The highest BCUT2D eigenvalue weighted by Gasteiger charge is 2.23. The van der Waals surface area contributed by atoms with Gasteiger partial charge in [0.1, 0.15) is 5.82 Å². The number of morpholine rings is 1. The summed E-state index contributed by atoms with van der Waals surface area (Å²) in [4.78, 5) is 6.71. The van der Waals surface area contributed by atoms with Gasteiger partial charge in [-0.15, -0.1) is 0 Å². The van der Waals surface area contributed by atoms with Crippen LogP contribution in [0.1, 0.15) is 22.7 Å². The Labute approximate surface area is 178 Å². The van der Waals surface area contributed by atoms with E-state index in [2.05, 4.69) is 44.8 Å². The Morgan fingerprint density at radius 3 is 2.37 bits per heavy atom. The first-order valence-electron chi connectivity index (χ1n) is 10.3. The molecule has 3 rings (SSSR count). The smallest absolute Gasteiger partial charge is 0.191 e. The molecule has 2 aromatic rings. The number of guanidine groups is 1. The van der Waals surface area contributed by atoms with Crippen molar-refractivity contribution in [3.05, 3.63) is 71.0 Å². The quantitative estimate of drug-likeness (QED) is 0.514. The first-order chi connectivity index (χ1) is 14.7. The SMILES string of the molecule is CN=C(NCc1ccc(COC)cc1)NCC(c1ccc(F)cc1)N1CCOCC1. The summed E-state index contributed by atoms with van der Waals surface area (Å²) >= 11 is 0. The van der Waals surface area contributed by atoms with Crippen molar-refractivity contribution < 1.29 is 13.9 Å². The van der Waals surface area contributed by atoms with Crippen LogP contribution < -0.4 is 10.6 Å². The Balaban J connectivity index is 1.58. The molecule has 2 aromatic carbocycles. The number of benzene rings is 2. The molecule has 2 N–H and O–H groups in total. The molecule has 6 nitrogen and oxygen atoms in total. The molecule has 0 bridgehead atoms. The van der Waals surface area contributed by atoms with Crippen molar-refractivity contribution >= 4 is 5.96 Å².